The van der Waals surface area contributed by atoms with Gasteiger partial charge >= 0.3 is 0 Å². The molecule has 2 heterocycles. The van der Waals surface area contributed by atoms with Gasteiger partial charge in [0.2, 0.25) is 17.7 Å². The summed E-state index contributed by atoms with van der Waals surface area (Å²) in [6.45, 7) is 2.61. The maximum absolute atomic E-state index is 13.0. The van der Waals surface area contributed by atoms with Crippen molar-refractivity contribution < 1.29 is 38.2 Å². The molecule has 1 aromatic carbocycles. The number of rotatable bonds is 13. The van der Waals surface area contributed by atoms with Crippen LogP contribution in [0.25, 0.3) is 0 Å². The molecule has 1 saturated heterocycles. The summed E-state index contributed by atoms with van der Waals surface area (Å²) in [5.41, 5.74) is 5.60. The number of carbonyl (C=O) groups is 5. The lowest BCUT2D eigenvalue weighted by Gasteiger charge is -2.27. The summed E-state index contributed by atoms with van der Waals surface area (Å²) in [6, 6.07) is 3.44. The van der Waals surface area contributed by atoms with Crippen molar-refractivity contribution in [2.24, 2.45) is 5.73 Å². The zero-order valence-electron chi connectivity index (χ0n) is 19.1. The Labute approximate surface area is 208 Å². The molecule has 0 radical (unpaired) electrons. The van der Waals surface area contributed by atoms with Crippen molar-refractivity contribution in [2.75, 3.05) is 51.5 Å². The topological polar surface area (TPSA) is 166 Å². The number of amides is 5. The summed E-state index contributed by atoms with van der Waals surface area (Å²) in [6.07, 6.45) is 0.113. The van der Waals surface area contributed by atoms with Gasteiger partial charge in [0.05, 0.1) is 62.9 Å². The highest BCUT2D eigenvalue weighted by atomic mass is 35.5. The van der Waals surface area contributed by atoms with Gasteiger partial charge in [-0.2, -0.15) is 0 Å². The fourth-order valence-corrected chi connectivity index (χ4v) is 3.62. The lowest BCUT2D eigenvalue weighted by molar-refractivity contribution is -0.136. The van der Waals surface area contributed by atoms with E-state index in [1.54, 1.807) is 6.07 Å². The number of carbonyl (C=O) groups excluding carboxylic acids is 5. The number of hydrogen-bond acceptors (Lipinski definition) is 9. The van der Waals surface area contributed by atoms with Gasteiger partial charge in [0.15, 0.2) is 0 Å². The normalized spacial score (nSPS) is 17.2. The van der Waals surface area contributed by atoms with Crippen LogP contribution in [0, 0.1) is 0 Å². The minimum Gasteiger partial charge on any atom is -0.379 e. The van der Waals surface area contributed by atoms with Gasteiger partial charge in [0, 0.05) is 13.0 Å². The van der Waals surface area contributed by atoms with Crippen molar-refractivity contribution in [3.8, 4) is 0 Å². The van der Waals surface area contributed by atoms with E-state index < -0.39 is 35.6 Å². The van der Waals surface area contributed by atoms with Gasteiger partial charge in [-0.05, 0) is 18.6 Å². The minimum atomic E-state index is -1.07. The molecule has 35 heavy (non-hydrogen) atoms. The number of benzene rings is 1. The summed E-state index contributed by atoms with van der Waals surface area (Å²) >= 11 is 0. The average molecular weight is 513 g/mol. The van der Waals surface area contributed by atoms with Gasteiger partial charge in [-0.25, -0.2) is 0 Å². The van der Waals surface area contributed by atoms with E-state index in [-0.39, 0.29) is 55.1 Å². The van der Waals surface area contributed by atoms with Crippen molar-refractivity contribution >= 4 is 47.6 Å². The SMILES string of the molecule is Cl.NCCOCCOCCOCCC(=O)Nc1cccc2c1C(=O)N(C1CCC(=O)NC1=O)C2=O. The molecule has 0 aromatic heterocycles. The van der Waals surface area contributed by atoms with Crippen molar-refractivity contribution in [3.05, 3.63) is 29.3 Å². The molecule has 3 rings (SSSR count). The molecule has 2 aliphatic rings. The molecule has 5 amide bonds. The van der Waals surface area contributed by atoms with Crippen LogP contribution < -0.4 is 16.4 Å². The summed E-state index contributed by atoms with van der Waals surface area (Å²) in [7, 11) is 0. The largest absolute Gasteiger partial charge is 0.379 e. The second-order valence-electron chi connectivity index (χ2n) is 7.60. The van der Waals surface area contributed by atoms with E-state index in [2.05, 4.69) is 10.6 Å². The molecule has 1 fully saturated rings. The number of ether oxygens (including phenoxy) is 3. The van der Waals surface area contributed by atoms with E-state index in [9.17, 15) is 24.0 Å². The van der Waals surface area contributed by atoms with Crippen molar-refractivity contribution in [3.63, 3.8) is 0 Å². The van der Waals surface area contributed by atoms with Crippen molar-refractivity contribution in [1.29, 1.82) is 0 Å². The molecule has 1 unspecified atom stereocenters. The number of piperidine rings is 1. The zero-order chi connectivity index (χ0) is 24.5. The quantitative estimate of drug-likeness (QED) is 0.240. The van der Waals surface area contributed by atoms with Gasteiger partial charge in [-0.3, -0.25) is 34.2 Å². The number of nitrogens with two attached hydrogens (primary N) is 1. The number of imide groups is 2. The van der Waals surface area contributed by atoms with Crippen LogP contribution in [0.1, 0.15) is 40.0 Å². The molecule has 0 saturated carbocycles. The van der Waals surface area contributed by atoms with Gasteiger partial charge in [0.25, 0.3) is 11.8 Å². The maximum Gasteiger partial charge on any atom is 0.264 e. The lowest BCUT2D eigenvalue weighted by atomic mass is 10.0. The Morgan fingerprint density at radius 3 is 2.31 bits per heavy atom. The molecule has 0 spiro atoms. The summed E-state index contributed by atoms with van der Waals surface area (Å²) in [4.78, 5) is 62.6. The number of halogens is 1. The third kappa shape index (κ3) is 7.29. The third-order valence-corrected chi connectivity index (χ3v) is 5.22. The first-order valence-electron chi connectivity index (χ1n) is 11.0. The zero-order valence-corrected chi connectivity index (χ0v) is 19.9. The highest BCUT2D eigenvalue weighted by Crippen LogP contribution is 2.32. The van der Waals surface area contributed by atoms with Crippen molar-refractivity contribution in [2.45, 2.75) is 25.3 Å². The number of nitrogens with zero attached hydrogens (tertiary/aromatic N) is 1. The Kier molecular flexibility index (Phi) is 11.2. The molecule has 12 nitrogen and oxygen atoms in total. The number of anilines is 1. The standard InChI is InChI=1S/C22H28N4O8.ClH/c23-7-9-33-11-13-34-12-10-32-8-6-18(28)24-15-3-1-2-14-19(15)22(31)26(21(14)30)16-4-5-17(27)25-20(16)29;/h1-3,16H,4-13,23H2,(H,24,28)(H,25,27,29);1H. The molecule has 1 aromatic rings. The summed E-state index contributed by atoms with van der Waals surface area (Å²) in [5.74, 6) is -2.86. The number of fused-ring (bicyclic) bond motifs is 1. The Hall–Kier alpha value is -2.90. The monoisotopic (exact) mass is 512 g/mol. The van der Waals surface area contributed by atoms with Crippen LogP contribution in [-0.4, -0.2) is 86.7 Å². The second-order valence-corrected chi connectivity index (χ2v) is 7.60. The number of hydrogen-bond donors (Lipinski definition) is 3. The van der Waals surface area contributed by atoms with Crippen LogP contribution >= 0.6 is 12.4 Å². The summed E-state index contributed by atoms with van der Waals surface area (Å²) in [5, 5.41) is 4.78. The van der Waals surface area contributed by atoms with Crippen LogP contribution in [0.15, 0.2) is 18.2 Å². The van der Waals surface area contributed by atoms with Crippen molar-refractivity contribution in [1.82, 2.24) is 10.2 Å². The lowest BCUT2D eigenvalue weighted by Crippen LogP contribution is -2.54. The molecule has 1 atom stereocenters. The molecular formula is C22H29ClN4O8. The van der Waals surface area contributed by atoms with Crippen LogP contribution in [-0.2, 0) is 28.6 Å². The van der Waals surface area contributed by atoms with Gasteiger partial charge in [0.1, 0.15) is 6.04 Å². The Bertz CT molecular complexity index is 957. The van der Waals surface area contributed by atoms with Crippen LogP contribution in [0.5, 0.6) is 0 Å². The van der Waals surface area contributed by atoms with Gasteiger partial charge in [-0.15, -0.1) is 12.4 Å². The Morgan fingerprint density at radius 2 is 1.66 bits per heavy atom. The molecular weight excluding hydrogens is 484 g/mol. The van der Waals surface area contributed by atoms with E-state index in [0.717, 1.165) is 4.90 Å². The first-order valence-corrected chi connectivity index (χ1v) is 11.0. The second kappa shape index (κ2) is 13.9. The first-order chi connectivity index (χ1) is 16.4. The summed E-state index contributed by atoms with van der Waals surface area (Å²) < 4.78 is 15.9. The van der Waals surface area contributed by atoms with Crippen LogP contribution in [0.4, 0.5) is 5.69 Å². The molecule has 0 aliphatic carbocycles. The predicted octanol–water partition coefficient (Wildman–Crippen LogP) is -0.153. The fourth-order valence-electron chi connectivity index (χ4n) is 3.62. The van der Waals surface area contributed by atoms with E-state index >= 15 is 0 Å². The molecule has 2 aliphatic heterocycles. The van der Waals surface area contributed by atoms with E-state index in [1.165, 1.54) is 12.1 Å². The fraction of sp³-hybridized carbons (Fsp3) is 0.500. The highest BCUT2D eigenvalue weighted by molar-refractivity contribution is 6.26. The minimum absolute atomic E-state index is 0. The molecule has 192 valence electrons. The highest BCUT2D eigenvalue weighted by Gasteiger charge is 2.45. The first kappa shape index (κ1) is 28.3. The molecule has 0 bridgehead atoms. The van der Waals surface area contributed by atoms with E-state index in [4.69, 9.17) is 19.9 Å². The average Bonchev–Trinajstić information content (AvgIpc) is 3.06. The molecule has 13 heteroatoms. The van der Waals surface area contributed by atoms with E-state index in [0.29, 0.717) is 39.6 Å². The predicted molar refractivity (Wildman–Crippen MR) is 125 cm³/mol. The van der Waals surface area contributed by atoms with Crippen LogP contribution in [0.3, 0.4) is 0 Å². The van der Waals surface area contributed by atoms with Gasteiger partial charge < -0.3 is 25.3 Å². The van der Waals surface area contributed by atoms with E-state index in [1.807, 2.05) is 0 Å². The Morgan fingerprint density at radius 1 is 1.00 bits per heavy atom. The maximum atomic E-state index is 13.0. The Balaban J connectivity index is 0.00000432. The third-order valence-electron chi connectivity index (χ3n) is 5.22. The number of nitrogens with one attached hydrogen (secondary N) is 2. The molecule has 4 N–H and O–H groups in total. The smallest absolute Gasteiger partial charge is 0.264 e. The van der Waals surface area contributed by atoms with Crippen LogP contribution in [0.2, 0.25) is 0 Å². The van der Waals surface area contributed by atoms with Gasteiger partial charge in [-0.1, -0.05) is 6.07 Å².